The fraction of sp³-hybridized carbons (Fsp3) is 0.419. The third-order valence-electron chi connectivity index (χ3n) is 8.06. The quantitative estimate of drug-likeness (QED) is 0.176. The monoisotopic (exact) mass is 621 g/mol. The Morgan fingerprint density at radius 3 is 2.40 bits per heavy atom. The molecule has 5 rings (SSSR count). The van der Waals surface area contributed by atoms with E-state index in [1.165, 1.54) is 61.4 Å². The van der Waals surface area contributed by atoms with Gasteiger partial charge in [0.25, 0.3) is 5.91 Å². The first-order valence-electron chi connectivity index (χ1n) is 13.7. The minimum absolute atomic E-state index is 0.0255. The summed E-state index contributed by atoms with van der Waals surface area (Å²) in [5, 5.41) is 14.1. The van der Waals surface area contributed by atoms with Crippen LogP contribution in [0.4, 0.5) is 17.6 Å². The highest BCUT2D eigenvalue weighted by molar-refractivity contribution is 8.01. The first-order chi connectivity index (χ1) is 19.8. The zero-order chi connectivity index (χ0) is 30.2. The second-order valence-electron chi connectivity index (χ2n) is 11.5. The van der Waals surface area contributed by atoms with Crippen LogP contribution in [-0.4, -0.2) is 38.5 Å². The molecule has 2 aliphatic carbocycles. The van der Waals surface area contributed by atoms with Gasteiger partial charge in [-0.05, 0) is 104 Å². The third kappa shape index (κ3) is 6.99. The van der Waals surface area contributed by atoms with Gasteiger partial charge in [0.1, 0.15) is 24.2 Å². The van der Waals surface area contributed by atoms with Crippen LogP contribution < -0.4 is 10.1 Å². The van der Waals surface area contributed by atoms with Crippen molar-refractivity contribution in [2.45, 2.75) is 72.6 Å². The van der Waals surface area contributed by atoms with Gasteiger partial charge < -0.3 is 15.2 Å². The maximum atomic E-state index is 14.0. The van der Waals surface area contributed by atoms with Gasteiger partial charge in [0.15, 0.2) is 0 Å². The van der Waals surface area contributed by atoms with E-state index in [-0.39, 0.29) is 34.6 Å². The molecular weight excluding hydrogens is 590 g/mol. The SMILES string of the molecule is CC(C)(SC1CC2CCC1C2)C(NC(=O)c1ccc2cc(F)ccc2c1OCc1ccc(SC(F)(F)F)cc1)C(=O)O. The molecule has 0 aromatic heterocycles. The predicted octanol–water partition coefficient (Wildman–Crippen LogP) is 8.05. The van der Waals surface area contributed by atoms with Gasteiger partial charge >= 0.3 is 11.5 Å². The molecule has 2 aliphatic rings. The number of rotatable bonds is 10. The number of hydrogen-bond acceptors (Lipinski definition) is 5. The van der Waals surface area contributed by atoms with Gasteiger partial charge in [-0.3, -0.25) is 4.79 Å². The molecule has 2 saturated carbocycles. The molecule has 0 spiro atoms. The van der Waals surface area contributed by atoms with Gasteiger partial charge in [-0.1, -0.05) is 24.6 Å². The number of aliphatic carboxylic acids is 1. The van der Waals surface area contributed by atoms with Crippen LogP contribution in [0, 0.1) is 17.7 Å². The Labute approximate surface area is 249 Å². The maximum absolute atomic E-state index is 14.0. The van der Waals surface area contributed by atoms with E-state index < -0.39 is 34.0 Å². The number of hydrogen-bond donors (Lipinski definition) is 2. The molecule has 42 heavy (non-hydrogen) atoms. The van der Waals surface area contributed by atoms with Crippen LogP contribution in [0.3, 0.4) is 0 Å². The predicted molar refractivity (Wildman–Crippen MR) is 156 cm³/mol. The fourth-order valence-electron chi connectivity index (χ4n) is 6.08. The molecule has 0 heterocycles. The van der Waals surface area contributed by atoms with E-state index in [0.29, 0.717) is 33.4 Å². The zero-order valence-electron chi connectivity index (χ0n) is 23.0. The minimum Gasteiger partial charge on any atom is -0.487 e. The fourth-order valence-corrected chi connectivity index (χ4v) is 8.50. The molecule has 3 aromatic rings. The molecule has 2 bridgehead atoms. The lowest BCUT2D eigenvalue weighted by Gasteiger charge is -2.36. The molecule has 224 valence electrons. The van der Waals surface area contributed by atoms with Crippen molar-refractivity contribution in [3.05, 3.63) is 71.5 Å². The number of carboxylic acid groups (broad SMARTS) is 1. The number of benzene rings is 3. The zero-order valence-corrected chi connectivity index (χ0v) is 24.7. The second-order valence-corrected chi connectivity index (χ2v) is 14.5. The first kappa shape index (κ1) is 30.5. The van der Waals surface area contributed by atoms with Crippen molar-refractivity contribution < 1.29 is 37.0 Å². The number of thioether (sulfide) groups is 2. The van der Waals surface area contributed by atoms with Gasteiger partial charge in [0, 0.05) is 20.3 Å². The lowest BCUT2D eigenvalue weighted by Crippen LogP contribution is -2.53. The minimum atomic E-state index is -4.41. The average molecular weight is 622 g/mol. The van der Waals surface area contributed by atoms with Crippen molar-refractivity contribution in [3.63, 3.8) is 0 Å². The van der Waals surface area contributed by atoms with Crippen molar-refractivity contribution in [2.24, 2.45) is 11.8 Å². The summed E-state index contributed by atoms with van der Waals surface area (Å²) >= 11 is 1.40. The van der Waals surface area contributed by atoms with E-state index in [4.69, 9.17) is 4.74 Å². The molecule has 5 nitrogen and oxygen atoms in total. The van der Waals surface area contributed by atoms with Crippen LogP contribution >= 0.6 is 23.5 Å². The summed E-state index contributed by atoms with van der Waals surface area (Å²) < 4.78 is 57.3. The summed E-state index contributed by atoms with van der Waals surface area (Å²) in [6.45, 7) is 3.59. The van der Waals surface area contributed by atoms with Crippen molar-refractivity contribution in [1.29, 1.82) is 0 Å². The Balaban J connectivity index is 1.38. The average Bonchev–Trinajstić information content (AvgIpc) is 3.52. The molecule has 4 atom stereocenters. The molecule has 4 unspecified atom stereocenters. The van der Waals surface area contributed by atoms with Crippen molar-refractivity contribution >= 4 is 46.2 Å². The molecule has 11 heteroatoms. The highest BCUT2D eigenvalue weighted by Crippen LogP contribution is 2.52. The Morgan fingerprint density at radius 2 is 1.79 bits per heavy atom. The number of nitrogens with one attached hydrogen (secondary N) is 1. The van der Waals surface area contributed by atoms with E-state index in [1.807, 2.05) is 13.8 Å². The van der Waals surface area contributed by atoms with E-state index in [1.54, 1.807) is 17.8 Å². The van der Waals surface area contributed by atoms with Crippen LogP contribution in [0.15, 0.2) is 59.5 Å². The molecule has 0 saturated heterocycles. The second kappa shape index (κ2) is 12.0. The number of halogens is 4. The van der Waals surface area contributed by atoms with Crippen molar-refractivity contribution in [1.82, 2.24) is 5.32 Å². The van der Waals surface area contributed by atoms with Gasteiger partial charge in [-0.15, -0.1) is 11.8 Å². The number of alkyl halides is 3. The van der Waals surface area contributed by atoms with Gasteiger partial charge in [-0.2, -0.15) is 13.2 Å². The summed E-state index contributed by atoms with van der Waals surface area (Å²) in [5.74, 6) is -0.877. The summed E-state index contributed by atoms with van der Waals surface area (Å²) in [5.41, 5.74) is -3.78. The van der Waals surface area contributed by atoms with Crippen LogP contribution in [0.1, 0.15) is 55.5 Å². The summed E-state index contributed by atoms with van der Waals surface area (Å²) in [4.78, 5) is 26.1. The topological polar surface area (TPSA) is 75.6 Å². The molecule has 2 N–H and O–H groups in total. The number of fused-ring (bicyclic) bond motifs is 3. The lowest BCUT2D eigenvalue weighted by molar-refractivity contribution is -0.139. The molecule has 0 radical (unpaired) electrons. The Bertz CT molecular complexity index is 1480. The van der Waals surface area contributed by atoms with Crippen LogP contribution in [0.2, 0.25) is 0 Å². The van der Waals surface area contributed by atoms with Gasteiger partial charge in [0.05, 0.1) is 5.56 Å². The van der Waals surface area contributed by atoms with Crippen LogP contribution in [-0.2, 0) is 11.4 Å². The molecule has 3 aromatic carbocycles. The molecular formula is C31H31F4NO4S2. The first-order valence-corrected chi connectivity index (χ1v) is 15.4. The standard InChI is InChI=1S/C31H31F4NO4S2/c1-30(2,42-25-14-18-3-6-20(25)13-18)27(29(38)39)36-28(37)24-11-7-19-15-21(32)8-12-23(19)26(24)40-16-17-4-9-22(10-5-17)41-31(33,34)35/h4-5,7-12,15,18,20,25,27H,3,6,13-14,16H2,1-2H3,(H,36,37)(H,38,39). The van der Waals surface area contributed by atoms with E-state index >= 15 is 0 Å². The van der Waals surface area contributed by atoms with Crippen molar-refractivity contribution in [3.8, 4) is 5.75 Å². The normalized spacial score (nSPS) is 21.0. The molecule has 0 aliphatic heterocycles. The number of carbonyl (C=O) groups excluding carboxylic acids is 1. The Morgan fingerprint density at radius 1 is 1.05 bits per heavy atom. The van der Waals surface area contributed by atoms with E-state index in [9.17, 15) is 32.3 Å². The molecule has 1 amide bonds. The van der Waals surface area contributed by atoms with Gasteiger partial charge in [-0.25, -0.2) is 9.18 Å². The number of carboxylic acids is 1. The van der Waals surface area contributed by atoms with Crippen LogP contribution in [0.25, 0.3) is 10.8 Å². The lowest BCUT2D eigenvalue weighted by atomic mass is 10.00. The summed E-state index contributed by atoms with van der Waals surface area (Å²) in [6, 6.07) is 11.5. The van der Waals surface area contributed by atoms with Crippen LogP contribution in [0.5, 0.6) is 5.75 Å². The van der Waals surface area contributed by atoms with Gasteiger partial charge in [0.2, 0.25) is 0 Å². The highest BCUT2D eigenvalue weighted by Gasteiger charge is 2.46. The van der Waals surface area contributed by atoms with Crippen molar-refractivity contribution in [2.75, 3.05) is 0 Å². The summed E-state index contributed by atoms with van der Waals surface area (Å²) in [6.07, 6.45) is 4.63. The number of carbonyl (C=O) groups is 2. The Hall–Kier alpha value is -2.92. The maximum Gasteiger partial charge on any atom is 0.446 e. The number of amides is 1. The Kier molecular flexibility index (Phi) is 8.72. The molecule has 2 fully saturated rings. The summed E-state index contributed by atoms with van der Waals surface area (Å²) in [7, 11) is 0. The van der Waals surface area contributed by atoms with E-state index in [2.05, 4.69) is 5.32 Å². The third-order valence-corrected chi connectivity index (χ3v) is 10.5. The number of ether oxygens (including phenoxy) is 1. The highest BCUT2D eigenvalue weighted by atomic mass is 32.2. The smallest absolute Gasteiger partial charge is 0.446 e. The largest absolute Gasteiger partial charge is 0.487 e. The van der Waals surface area contributed by atoms with E-state index in [0.717, 1.165) is 12.8 Å².